The molecule has 2 aliphatic rings. The molecule has 3 rings (SSSR count). The first-order chi connectivity index (χ1) is 20.5. The molecule has 2 aliphatic heterocycles. The van der Waals surface area contributed by atoms with E-state index >= 15 is 0 Å². The molecule has 3 amide bonds. The van der Waals surface area contributed by atoms with Crippen molar-refractivity contribution in [1.29, 1.82) is 0 Å². The molecule has 43 heavy (non-hydrogen) atoms. The number of nitrogens with zero attached hydrogens (tertiary/aromatic N) is 3. The van der Waals surface area contributed by atoms with Gasteiger partial charge >= 0.3 is 6.09 Å². The molecule has 0 aliphatic carbocycles. The van der Waals surface area contributed by atoms with Gasteiger partial charge in [-0.15, -0.1) is 0 Å². The second-order valence-corrected chi connectivity index (χ2v) is 12.1. The van der Waals surface area contributed by atoms with E-state index in [-0.39, 0.29) is 24.3 Å². The summed E-state index contributed by atoms with van der Waals surface area (Å²) in [7, 11) is 0. The predicted molar refractivity (Wildman–Crippen MR) is 165 cm³/mol. The molecule has 0 radical (unpaired) electrons. The molecule has 14 heteroatoms. The van der Waals surface area contributed by atoms with Crippen molar-refractivity contribution >= 4 is 52.6 Å². The highest BCUT2D eigenvalue weighted by molar-refractivity contribution is 6.42. The number of nitrogens with one attached hydrogen (secondary N) is 2. The zero-order valence-electron chi connectivity index (χ0n) is 25.2. The minimum absolute atomic E-state index is 0.00347. The Kier molecular flexibility index (Phi) is 14.3. The summed E-state index contributed by atoms with van der Waals surface area (Å²) in [6.07, 6.45) is 2.07. The number of halogens is 2. The molecule has 0 unspecified atom stereocenters. The number of alkyl carbamates (subject to hydrolysis) is 1. The molecule has 1 aromatic rings. The Bertz CT molecular complexity index is 1110. The van der Waals surface area contributed by atoms with Crippen LogP contribution in [0.1, 0.15) is 46.5 Å². The van der Waals surface area contributed by atoms with Crippen LogP contribution in [0.15, 0.2) is 23.3 Å². The average molecular weight is 645 g/mol. The number of likely N-dealkylation sites (tertiary alicyclic amines) is 1. The summed E-state index contributed by atoms with van der Waals surface area (Å²) in [6.45, 7) is 9.36. The monoisotopic (exact) mass is 643 g/mol. The molecular weight excluding hydrogens is 601 g/mol. The molecule has 12 nitrogen and oxygen atoms in total. The van der Waals surface area contributed by atoms with Gasteiger partial charge in [-0.2, -0.15) is 5.10 Å². The molecule has 0 atom stereocenters. The minimum atomic E-state index is -0.533. The largest absolute Gasteiger partial charge is 0.444 e. The fourth-order valence-corrected chi connectivity index (χ4v) is 4.76. The van der Waals surface area contributed by atoms with E-state index in [4.69, 9.17) is 42.1 Å². The minimum Gasteiger partial charge on any atom is -0.444 e. The van der Waals surface area contributed by atoms with Crippen LogP contribution < -0.4 is 15.6 Å². The Morgan fingerprint density at radius 2 is 1.63 bits per heavy atom. The number of amidine groups is 1. The number of hydrogen-bond donors (Lipinski definition) is 2. The van der Waals surface area contributed by atoms with Crippen LogP contribution in [0, 0.1) is 5.92 Å². The fraction of sp³-hybridized carbons (Fsp3) is 0.655. The van der Waals surface area contributed by atoms with Crippen molar-refractivity contribution in [1.82, 2.24) is 15.5 Å². The standard InChI is InChI=1S/C29H43Cl2N5O7/c1-29(2,3)43-28(39)32-9-13-40-14-15-41-16-17-42-20-27(38)35-10-6-21(7-11-35)18-26(37)33-25-8-12-36(34-25)22-4-5-23(30)24(31)19-22/h4-5,19,21H,6-18,20H2,1-3H3,(H,32,39)(H,33,34,37). The molecule has 0 bridgehead atoms. The molecule has 0 aromatic heterocycles. The molecule has 0 saturated carbocycles. The van der Waals surface area contributed by atoms with Gasteiger partial charge in [0.15, 0.2) is 0 Å². The van der Waals surface area contributed by atoms with Crippen molar-refractivity contribution in [3.63, 3.8) is 0 Å². The van der Waals surface area contributed by atoms with E-state index in [0.717, 1.165) is 18.5 Å². The summed E-state index contributed by atoms with van der Waals surface area (Å²) >= 11 is 12.1. The van der Waals surface area contributed by atoms with E-state index in [1.54, 1.807) is 42.8 Å². The van der Waals surface area contributed by atoms with Crippen LogP contribution in [-0.4, -0.2) is 100 Å². The normalized spacial score (nSPS) is 15.8. The van der Waals surface area contributed by atoms with Gasteiger partial charge in [0.2, 0.25) is 11.8 Å². The lowest BCUT2D eigenvalue weighted by atomic mass is 9.93. The molecule has 1 fully saturated rings. The Morgan fingerprint density at radius 3 is 2.30 bits per heavy atom. The first-order valence-corrected chi connectivity index (χ1v) is 15.3. The van der Waals surface area contributed by atoms with E-state index < -0.39 is 11.7 Å². The third-order valence-electron chi connectivity index (χ3n) is 6.61. The van der Waals surface area contributed by atoms with E-state index in [0.29, 0.717) is 87.9 Å². The van der Waals surface area contributed by atoms with Crippen LogP contribution in [0.4, 0.5) is 10.5 Å². The van der Waals surface area contributed by atoms with Crippen molar-refractivity contribution < 1.29 is 33.3 Å². The van der Waals surface area contributed by atoms with Gasteiger partial charge in [-0.05, 0) is 57.7 Å². The highest BCUT2D eigenvalue weighted by Crippen LogP contribution is 2.28. The Hall–Kier alpha value is -2.64. The number of piperidine rings is 1. The van der Waals surface area contributed by atoms with E-state index in [9.17, 15) is 14.4 Å². The highest BCUT2D eigenvalue weighted by atomic mass is 35.5. The van der Waals surface area contributed by atoms with Crippen molar-refractivity contribution in [3.05, 3.63) is 28.2 Å². The molecule has 240 valence electrons. The van der Waals surface area contributed by atoms with Crippen molar-refractivity contribution in [2.24, 2.45) is 11.0 Å². The quantitative estimate of drug-likeness (QED) is 0.293. The number of rotatable bonds is 14. The van der Waals surface area contributed by atoms with Crippen molar-refractivity contribution in [3.8, 4) is 0 Å². The summed E-state index contributed by atoms with van der Waals surface area (Å²) in [5.74, 6) is 0.712. The van der Waals surface area contributed by atoms with Gasteiger partial charge in [-0.25, -0.2) is 4.79 Å². The number of amides is 3. The van der Waals surface area contributed by atoms with Gasteiger partial charge in [0.05, 0.1) is 48.8 Å². The van der Waals surface area contributed by atoms with Crippen LogP contribution >= 0.6 is 23.2 Å². The maximum atomic E-state index is 12.6. The Labute approximate surface area is 263 Å². The summed E-state index contributed by atoms with van der Waals surface area (Å²) in [4.78, 5) is 38.4. The number of hydrazone groups is 1. The van der Waals surface area contributed by atoms with Crippen LogP contribution in [0.3, 0.4) is 0 Å². The number of carbonyl (C=O) groups is 3. The lowest BCUT2D eigenvalue weighted by Gasteiger charge is -2.31. The van der Waals surface area contributed by atoms with Crippen LogP contribution in [-0.2, 0) is 28.5 Å². The number of ether oxygens (including phenoxy) is 4. The van der Waals surface area contributed by atoms with Gasteiger partial charge in [0.1, 0.15) is 18.0 Å². The first-order valence-electron chi connectivity index (χ1n) is 14.6. The fourth-order valence-electron chi connectivity index (χ4n) is 4.47. The third kappa shape index (κ3) is 13.3. The predicted octanol–water partition coefficient (Wildman–Crippen LogP) is 3.84. The second-order valence-electron chi connectivity index (χ2n) is 11.3. The van der Waals surface area contributed by atoms with Crippen LogP contribution in [0.2, 0.25) is 10.0 Å². The van der Waals surface area contributed by atoms with Crippen LogP contribution in [0.25, 0.3) is 0 Å². The Balaban J connectivity index is 1.18. The number of benzene rings is 1. The van der Waals surface area contributed by atoms with E-state index in [1.807, 2.05) is 6.07 Å². The second kappa shape index (κ2) is 17.6. The first kappa shape index (κ1) is 34.8. The average Bonchev–Trinajstić information content (AvgIpc) is 3.40. The van der Waals surface area contributed by atoms with Crippen LogP contribution in [0.5, 0.6) is 0 Å². The summed E-state index contributed by atoms with van der Waals surface area (Å²) in [5, 5.41) is 12.8. The van der Waals surface area contributed by atoms with Crippen molar-refractivity contribution in [2.75, 3.05) is 70.8 Å². The zero-order chi connectivity index (χ0) is 31.2. The molecule has 0 spiro atoms. The topological polar surface area (TPSA) is 131 Å². The molecule has 2 heterocycles. The van der Waals surface area contributed by atoms with Gasteiger partial charge in [0.25, 0.3) is 0 Å². The smallest absolute Gasteiger partial charge is 0.407 e. The van der Waals surface area contributed by atoms with Gasteiger partial charge in [0, 0.05) is 39.0 Å². The molecule has 1 aromatic carbocycles. The summed E-state index contributed by atoms with van der Waals surface area (Å²) in [6, 6.07) is 5.31. The number of anilines is 1. The highest BCUT2D eigenvalue weighted by Gasteiger charge is 2.26. The van der Waals surface area contributed by atoms with Crippen molar-refractivity contribution in [2.45, 2.75) is 52.1 Å². The Morgan fingerprint density at radius 1 is 0.953 bits per heavy atom. The zero-order valence-corrected chi connectivity index (χ0v) is 26.7. The van der Waals surface area contributed by atoms with E-state index in [2.05, 4.69) is 15.7 Å². The number of hydrogen-bond acceptors (Lipinski definition) is 9. The molecular formula is C29H43Cl2N5O7. The van der Waals surface area contributed by atoms with Gasteiger partial charge in [-0.3, -0.25) is 14.6 Å². The maximum Gasteiger partial charge on any atom is 0.407 e. The molecule has 1 saturated heterocycles. The van der Waals surface area contributed by atoms with E-state index in [1.165, 1.54) is 0 Å². The SMILES string of the molecule is CC(C)(C)OC(=O)NCCOCCOCCOCC(=O)N1CCC(CC(=O)NC2=NN(c3ccc(Cl)c(Cl)c3)CC2)CC1. The van der Waals surface area contributed by atoms with Gasteiger partial charge < -0.3 is 34.5 Å². The summed E-state index contributed by atoms with van der Waals surface area (Å²) < 4.78 is 21.4. The number of carbonyl (C=O) groups excluding carboxylic acids is 3. The lowest BCUT2D eigenvalue weighted by molar-refractivity contribution is -0.138. The third-order valence-corrected chi connectivity index (χ3v) is 7.35. The van der Waals surface area contributed by atoms with Gasteiger partial charge in [-0.1, -0.05) is 23.2 Å². The maximum absolute atomic E-state index is 12.6. The lowest BCUT2D eigenvalue weighted by Crippen LogP contribution is -2.41. The molecule has 2 N–H and O–H groups in total. The summed E-state index contributed by atoms with van der Waals surface area (Å²) in [5.41, 5.74) is 0.286.